The number of pyridine rings is 1. The molecule has 1 aromatic heterocycles. The Morgan fingerprint density at radius 1 is 1.20 bits per heavy atom. The fourth-order valence-electron chi connectivity index (χ4n) is 3.36. The zero-order chi connectivity index (χ0) is 14.3. The van der Waals surface area contributed by atoms with E-state index < -0.39 is 5.97 Å². The number of aromatic carboxylic acids is 1. The first-order valence-electron chi connectivity index (χ1n) is 6.98. The third-order valence-corrected chi connectivity index (χ3v) is 4.27. The van der Waals surface area contributed by atoms with E-state index in [-0.39, 0.29) is 17.2 Å². The lowest BCUT2D eigenvalue weighted by Crippen LogP contribution is -2.28. The van der Waals surface area contributed by atoms with Crippen LogP contribution in [-0.2, 0) is 0 Å². The Morgan fingerprint density at radius 3 is 2.40 bits per heavy atom. The van der Waals surface area contributed by atoms with E-state index in [2.05, 4.69) is 0 Å². The molecule has 0 radical (unpaired) electrons. The molecule has 0 atom stereocenters. The zero-order valence-corrected chi connectivity index (χ0v) is 11.4. The Bertz CT molecular complexity index is 739. The van der Waals surface area contributed by atoms with E-state index in [0.29, 0.717) is 16.5 Å². The Kier molecular flexibility index (Phi) is 3.08. The van der Waals surface area contributed by atoms with Crippen molar-refractivity contribution in [1.29, 1.82) is 0 Å². The molecule has 3 rings (SSSR count). The highest BCUT2D eigenvalue weighted by Crippen LogP contribution is 2.31. The number of benzene rings is 1. The number of nitrogens with zero attached hydrogens (tertiary/aromatic N) is 1. The summed E-state index contributed by atoms with van der Waals surface area (Å²) in [7, 11) is 0. The molecule has 0 unspecified atom stereocenters. The van der Waals surface area contributed by atoms with Crippen molar-refractivity contribution >= 4 is 16.7 Å². The third-order valence-electron chi connectivity index (χ3n) is 4.27. The summed E-state index contributed by atoms with van der Waals surface area (Å²) in [5.41, 5.74) is 0.773. The quantitative estimate of drug-likeness (QED) is 0.913. The molecule has 1 N–H and O–H groups in total. The van der Waals surface area contributed by atoms with E-state index in [0.717, 1.165) is 25.7 Å². The first-order chi connectivity index (χ1) is 9.61. The average Bonchev–Trinajstić information content (AvgIpc) is 2.92. The van der Waals surface area contributed by atoms with E-state index in [9.17, 15) is 14.7 Å². The van der Waals surface area contributed by atoms with E-state index in [1.165, 1.54) is 0 Å². The van der Waals surface area contributed by atoms with Gasteiger partial charge in [-0.15, -0.1) is 0 Å². The number of fused-ring (bicyclic) bond motifs is 1. The van der Waals surface area contributed by atoms with Gasteiger partial charge in [0.25, 0.3) is 5.56 Å². The minimum atomic E-state index is -0.967. The van der Waals surface area contributed by atoms with Gasteiger partial charge in [-0.2, -0.15) is 0 Å². The minimum Gasteiger partial charge on any atom is -0.478 e. The second kappa shape index (κ2) is 4.78. The van der Waals surface area contributed by atoms with Gasteiger partial charge in [-0.05, 0) is 25.8 Å². The monoisotopic (exact) mass is 271 g/mol. The lowest BCUT2D eigenvalue weighted by molar-refractivity contribution is 0.0697. The lowest BCUT2D eigenvalue weighted by Gasteiger charge is -2.20. The fraction of sp³-hybridized carbons (Fsp3) is 0.375. The third kappa shape index (κ3) is 1.83. The van der Waals surface area contributed by atoms with Crippen LogP contribution in [0.15, 0.2) is 29.1 Å². The molecule has 1 aromatic carbocycles. The average molecular weight is 271 g/mol. The maximum Gasteiger partial charge on any atom is 0.338 e. The first kappa shape index (κ1) is 12.9. The van der Waals surface area contributed by atoms with Crippen molar-refractivity contribution in [3.8, 4) is 0 Å². The molecule has 0 bridgehead atoms. The minimum absolute atomic E-state index is 0.0602. The molecular formula is C16H17NO3. The molecule has 1 aliphatic carbocycles. The van der Waals surface area contributed by atoms with Crippen LogP contribution in [0.5, 0.6) is 0 Å². The number of aromatic nitrogens is 1. The van der Waals surface area contributed by atoms with E-state index >= 15 is 0 Å². The van der Waals surface area contributed by atoms with Crippen LogP contribution < -0.4 is 5.56 Å². The predicted molar refractivity (Wildman–Crippen MR) is 77.4 cm³/mol. The van der Waals surface area contributed by atoms with Crippen LogP contribution in [0.25, 0.3) is 10.8 Å². The summed E-state index contributed by atoms with van der Waals surface area (Å²) in [5, 5.41) is 10.5. The first-order valence-corrected chi connectivity index (χ1v) is 6.98. The SMILES string of the molecule is Cc1c(C(=O)O)c2ccccc2c(=O)n1C1CCCC1. The summed E-state index contributed by atoms with van der Waals surface area (Å²) in [5.74, 6) is -0.967. The summed E-state index contributed by atoms with van der Waals surface area (Å²) < 4.78 is 1.71. The van der Waals surface area contributed by atoms with Gasteiger partial charge in [-0.3, -0.25) is 4.79 Å². The zero-order valence-electron chi connectivity index (χ0n) is 11.4. The second-order valence-corrected chi connectivity index (χ2v) is 5.42. The molecule has 1 heterocycles. The van der Waals surface area contributed by atoms with E-state index in [4.69, 9.17) is 0 Å². The van der Waals surface area contributed by atoms with Crippen LogP contribution in [0.2, 0.25) is 0 Å². The normalized spacial score (nSPS) is 15.8. The van der Waals surface area contributed by atoms with Crippen molar-refractivity contribution in [3.63, 3.8) is 0 Å². The second-order valence-electron chi connectivity index (χ2n) is 5.42. The van der Waals surface area contributed by atoms with Crippen LogP contribution in [0, 0.1) is 6.92 Å². The van der Waals surface area contributed by atoms with Crippen LogP contribution in [0.4, 0.5) is 0 Å². The molecule has 1 saturated carbocycles. The summed E-state index contributed by atoms with van der Waals surface area (Å²) in [6, 6.07) is 7.13. The predicted octanol–water partition coefficient (Wildman–Crippen LogP) is 3.12. The van der Waals surface area contributed by atoms with Crippen molar-refractivity contribution in [3.05, 3.63) is 45.9 Å². The van der Waals surface area contributed by atoms with Crippen molar-refractivity contribution in [1.82, 2.24) is 4.57 Å². The molecule has 1 fully saturated rings. The van der Waals surface area contributed by atoms with Gasteiger partial charge in [0.15, 0.2) is 0 Å². The Balaban J connectivity index is 2.41. The number of hydrogen-bond acceptors (Lipinski definition) is 2. The topological polar surface area (TPSA) is 59.3 Å². The molecule has 0 spiro atoms. The van der Waals surface area contributed by atoms with E-state index in [1.807, 2.05) is 0 Å². The van der Waals surface area contributed by atoms with Crippen LogP contribution >= 0.6 is 0 Å². The van der Waals surface area contributed by atoms with Crippen molar-refractivity contribution < 1.29 is 9.90 Å². The van der Waals surface area contributed by atoms with Gasteiger partial charge in [0, 0.05) is 22.5 Å². The van der Waals surface area contributed by atoms with Gasteiger partial charge >= 0.3 is 5.97 Å². The van der Waals surface area contributed by atoms with Gasteiger partial charge in [-0.1, -0.05) is 31.0 Å². The van der Waals surface area contributed by atoms with Gasteiger partial charge in [0.2, 0.25) is 0 Å². The molecule has 0 amide bonds. The highest BCUT2D eigenvalue weighted by molar-refractivity contribution is 6.04. The highest BCUT2D eigenvalue weighted by atomic mass is 16.4. The lowest BCUT2D eigenvalue weighted by atomic mass is 10.0. The van der Waals surface area contributed by atoms with Crippen molar-refractivity contribution in [2.45, 2.75) is 38.6 Å². The molecule has 1 aliphatic rings. The fourth-order valence-corrected chi connectivity index (χ4v) is 3.36. The van der Waals surface area contributed by atoms with Gasteiger partial charge < -0.3 is 9.67 Å². The van der Waals surface area contributed by atoms with Crippen LogP contribution in [-0.4, -0.2) is 15.6 Å². The van der Waals surface area contributed by atoms with Crippen LogP contribution in [0.1, 0.15) is 47.8 Å². The molecular weight excluding hydrogens is 254 g/mol. The van der Waals surface area contributed by atoms with E-state index in [1.54, 1.807) is 35.8 Å². The van der Waals surface area contributed by atoms with Gasteiger partial charge in [0.05, 0.1) is 5.56 Å². The number of carboxylic acid groups (broad SMARTS) is 1. The maximum absolute atomic E-state index is 12.7. The van der Waals surface area contributed by atoms with Gasteiger partial charge in [-0.25, -0.2) is 4.79 Å². The molecule has 0 aliphatic heterocycles. The van der Waals surface area contributed by atoms with Crippen molar-refractivity contribution in [2.75, 3.05) is 0 Å². The summed E-state index contributed by atoms with van der Waals surface area (Å²) in [6.07, 6.45) is 4.12. The maximum atomic E-state index is 12.7. The Morgan fingerprint density at radius 2 is 1.80 bits per heavy atom. The molecule has 2 aromatic rings. The largest absolute Gasteiger partial charge is 0.478 e. The van der Waals surface area contributed by atoms with Gasteiger partial charge in [0.1, 0.15) is 0 Å². The Labute approximate surface area is 116 Å². The smallest absolute Gasteiger partial charge is 0.338 e. The summed E-state index contributed by atoms with van der Waals surface area (Å²) >= 11 is 0. The summed E-state index contributed by atoms with van der Waals surface area (Å²) in [4.78, 5) is 24.3. The Hall–Kier alpha value is -2.10. The number of hydrogen-bond donors (Lipinski definition) is 1. The highest BCUT2D eigenvalue weighted by Gasteiger charge is 2.24. The number of carbonyl (C=O) groups is 1. The molecule has 4 heteroatoms. The summed E-state index contributed by atoms with van der Waals surface area (Å²) in [6.45, 7) is 1.75. The molecule has 0 saturated heterocycles. The molecule has 20 heavy (non-hydrogen) atoms. The number of rotatable bonds is 2. The molecule has 4 nitrogen and oxygen atoms in total. The van der Waals surface area contributed by atoms with Crippen LogP contribution in [0.3, 0.4) is 0 Å². The number of carboxylic acids is 1. The molecule has 104 valence electrons. The standard InChI is InChI=1S/C16H17NO3/c1-10-14(16(19)20)12-8-4-5-9-13(12)15(18)17(10)11-6-2-3-7-11/h4-5,8-9,11H,2-3,6-7H2,1H3,(H,19,20). The van der Waals surface area contributed by atoms with Crippen molar-refractivity contribution in [2.24, 2.45) is 0 Å².